The first kappa shape index (κ1) is 17.8. The molecule has 2 heterocycles. The molecule has 1 aliphatic heterocycles. The SMILES string of the molecule is Cc1cnc(C(=O)NCC2=CCNCC2)cn1.Cl.Cl. The van der Waals surface area contributed by atoms with Crippen LogP contribution in [0.3, 0.4) is 0 Å². The lowest BCUT2D eigenvalue weighted by atomic mass is 10.1. The zero-order valence-corrected chi connectivity index (χ0v) is 12.3. The minimum Gasteiger partial charge on any atom is -0.347 e. The Bertz CT molecular complexity index is 434. The van der Waals surface area contributed by atoms with Crippen molar-refractivity contribution in [2.75, 3.05) is 19.6 Å². The molecule has 106 valence electrons. The van der Waals surface area contributed by atoms with Gasteiger partial charge in [-0.05, 0) is 19.9 Å². The molecule has 1 aromatic rings. The van der Waals surface area contributed by atoms with Crippen molar-refractivity contribution < 1.29 is 4.79 Å². The zero-order valence-electron chi connectivity index (χ0n) is 10.7. The fourth-order valence-electron chi connectivity index (χ4n) is 1.62. The molecule has 0 radical (unpaired) electrons. The summed E-state index contributed by atoms with van der Waals surface area (Å²) in [4.78, 5) is 19.8. The Morgan fingerprint density at radius 1 is 1.37 bits per heavy atom. The lowest BCUT2D eigenvalue weighted by Gasteiger charge is -2.14. The third-order valence-corrected chi connectivity index (χ3v) is 2.65. The molecule has 2 rings (SSSR count). The van der Waals surface area contributed by atoms with Gasteiger partial charge in [-0.25, -0.2) is 4.98 Å². The second kappa shape index (κ2) is 8.85. The molecule has 7 heteroatoms. The molecule has 0 fully saturated rings. The number of hydrogen-bond acceptors (Lipinski definition) is 4. The molecule has 0 atom stereocenters. The Morgan fingerprint density at radius 3 is 2.74 bits per heavy atom. The molecule has 5 nitrogen and oxygen atoms in total. The monoisotopic (exact) mass is 304 g/mol. The predicted octanol–water partition coefficient (Wildman–Crippen LogP) is 1.28. The normalized spacial score (nSPS) is 13.6. The van der Waals surface area contributed by atoms with E-state index in [9.17, 15) is 4.79 Å². The molecule has 1 amide bonds. The minimum absolute atomic E-state index is 0. The molecule has 0 aliphatic carbocycles. The molecule has 0 saturated carbocycles. The highest BCUT2D eigenvalue weighted by Gasteiger charge is 2.09. The molecule has 0 bridgehead atoms. The van der Waals surface area contributed by atoms with Gasteiger partial charge in [-0.3, -0.25) is 9.78 Å². The average molecular weight is 305 g/mol. The highest BCUT2D eigenvalue weighted by molar-refractivity contribution is 5.92. The molecule has 0 spiro atoms. The third-order valence-electron chi connectivity index (χ3n) is 2.65. The van der Waals surface area contributed by atoms with E-state index in [1.165, 1.54) is 11.8 Å². The number of carbonyl (C=O) groups is 1. The molecule has 0 unspecified atom stereocenters. The number of rotatable bonds is 3. The highest BCUT2D eigenvalue weighted by Crippen LogP contribution is 2.02. The van der Waals surface area contributed by atoms with Gasteiger partial charge in [0.05, 0.1) is 11.9 Å². The van der Waals surface area contributed by atoms with E-state index in [0.29, 0.717) is 12.2 Å². The topological polar surface area (TPSA) is 66.9 Å². The summed E-state index contributed by atoms with van der Waals surface area (Å²) in [5.74, 6) is -0.170. The Morgan fingerprint density at radius 2 is 2.16 bits per heavy atom. The third kappa shape index (κ3) is 5.55. The maximum absolute atomic E-state index is 11.7. The summed E-state index contributed by atoms with van der Waals surface area (Å²) in [6, 6.07) is 0. The van der Waals surface area contributed by atoms with E-state index in [4.69, 9.17) is 0 Å². The summed E-state index contributed by atoms with van der Waals surface area (Å²) in [5.41, 5.74) is 2.44. The number of hydrogen-bond donors (Lipinski definition) is 2. The van der Waals surface area contributed by atoms with Crippen molar-refractivity contribution in [2.45, 2.75) is 13.3 Å². The van der Waals surface area contributed by atoms with Crippen LogP contribution in [-0.4, -0.2) is 35.5 Å². The van der Waals surface area contributed by atoms with E-state index in [-0.39, 0.29) is 30.7 Å². The first-order chi connectivity index (χ1) is 8.25. The van der Waals surface area contributed by atoms with Gasteiger partial charge in [-0.15, -0.1) is 24.8 Å². The van der Waals surface area contributed by atoms with Crippen molar-refractivity contribution in [1.82, 2.24) is 20.6 Å². The van der Waals surface area contributed by atoms with E-state index in [0.717, 1.165) is 25.2 Å². The molecule has 0 saturated heterocycles. The van der Waals surface area contributed by atoms with Crippen LogP contribution >= 0.6 is 24.8 Å². The second-order valence-electron chi connectivity index (χ2n) is 4.04. The Hall–Kier alpha value is -1.17. The van der Waals surface area contributed by atoms with Crippen LogP contribution in [0.4, 0.5) is 0 Å². The van der Waals surface area contributed by atoms with Gasteiger partial charge >= 0.3 is 0 Å². The number of aryl methyl sites for hydroxylation is 1. The van der Waals surface area contributed by atoms with Crippen molar-refractivity contribution in [3.05, 3.63) is 35.4 Å². The number of aromatic nitrogens is 2. The average Bonchev–Trinajstić information content (AvgIpc) is 2.38. The van der Waals surface area contributed by atoms with Crippen LogP contribution in [0.15, 0.2) is 24.0 Å². The van der Waals surface area contributed by atoms with Crippen molar-refractivity contribution in [1.29, 1.82) is 0 Å². The molecule has 1 aliphatic rings. The van der Waals surface area contributed by atoms with E-state index in [2.05, 4.69) is 26.7 Å². The van der Waals surface area contributed by atoms with E-state index in [1.54, 1.807) is 6.20 Å². The summed E-state index contributed by atoms with van der Waals surface area (Å²) >= 11 is 0. The molecule has 1 aromatic heterocycles. The van der Waals surface area contributed by atoms with Crippen molar-refractivity contribution in [3.63, 3.8) is 0 Å². The van der Waals surface area contributed by atoms with Gasteiger partial charge in [0.15, 0.2) is 0 Å². The maximum Gasteiger partial charge on any atom is 0.271 e. The quantitative estimate of drug-likeness (QED) is 0.826. The number of nitrogens with zero attached hydrogens (tertiary/aromatic N) is 2. The summed E-state index contributed by atoms with van der Waals surface area (Å²) in [5, 5.41) is 6.08. The first-order valence-corrected chi connectivity index (χ1v) is 5.71. The zero-order chi connectivity index (χ0) is 12.1. The van der Waals surface area contributed by atoms with Crippen LogP contribution in [-0.2, 0) is 0 Å². The summed E-state index contributed by atoms with van der Waals surface area (Å²) in [6.07, 6.45) is 6.20. The molecule has 2 N–H and O–H groups in total. The summed E-state index contributed by atoms with van der Waals surface area (Å²) < 4.78 is 0. The number of amides is 1. The fourth-order valence-corrected chi connectivity index (χ4v) is 1.62. The standard InChI is InChI=1S/C12H16N4O.2ClH/c1-9-6-15-11(8-14-9)12(17)16-7-10-2-4-13-5-3-10;;/h2,6,8,13H,3-5,7H2,1H3,(H,16,17);2*1H. The van der Waals surface area contributed by atoms with Gasteiger partial charge in [0.1, 0.15) is 5.69 Å². The second-order valence-corrected chi connectivity index (χ2v) is 4.04. The van der Waals surface area contributed by atoms with Crippen molar-refractivity contribution >= 4 is 30.7 Å². The van der Waals surface area contributed by atoms with Crippen LogP contribution in [0.5, 0.6) is 0 Å². The summed E-state index contributed by atoms with van der Waals surface area (Å²) in [7, 11) is 0. The smallest absolute Gasteiger partial charge is 0.271 e. The van der Waals surface area contributed by atoms with Crippen LogP contribution in [0.1, 0.15) is 22.6 Å². The minimum atomic E-state index is -0.170. The van der Waals surface area contributed by atoms with Crippen LogP contribution < -0.4 is 10.6 Å². The van der Waals surface area contributed by atoms with E-state index in [1.807, 2.05) is 6.92 Å². The largest absolute Gasteiger partial charge is 0.347 e. The van der Waals surface area contributed by atoms with Gasteiger partial charge < -0.3 is 10.6 Å². The van der Waals surface area contributed by atoms with E-state index < -0.39 is 0 Å². The molecular formula is C12H18Cl2N4O. The van der Waals surface area contributed by atoms with Gasteiger partial charge in [-0.2, -0.15) is 0 Å². The van der Waals surface area contributed by atoms with Crippen molar-refractivity contribution in [3.8, 4) is 0 Å². The number of carbonyl (C=O) groups excluding carboxylic acids is 1. The van der Waals surface area contributed by atoms with Crippen LogP contribution in [0.2, 0.25) is 0 Å². The predicted molar refractivity (Wildman–Crippen MR) is 79.2 cm³/mol. The number of halogens is 2. The summed E-state index contributed by atoms with van der Waals surface area (Å²) in [6.45, 7) is 4.30. The van der Waals surface area contributed by atoms with E-state index >= 15 is 0 Å². The van der Waals surface area contributed by atoms with Gasteiger partial charge in [0, 0.05) is 19.3 Å². The fraction of sp³-hybridized carbons (Fsp3) is 0.417. The molecular weight excluding hydrogens is 287 g/mol. The lowest BCUT2D eigenvalue weighted by Crippen LogP contribution is -2.30. The Kier molecular flexibility index (Phi) is 8.30. The number of nitrogens with one attached hydrogen (secondary N) is 2. The lowest BCUT2D eigenvalue weighted by molar-refractivity contribution is 0.0951. The maximum atomic E-state index is 11.7. The highest BCUT2D eigenvalue weighted by atomic mass is 35.5. The van der Waals surface area contributed by atoms with Gasteiger partial charge in [0.2, 0.25) is 0 Å². The molecule has 19 heavy (non-hydrogen) atoms. The van der Waals surface area contributed by atoms with Gasteiger partial charge in [-0.1, -0.05) is 11.6 Å². The van der Waals surface area contributed by atoms with Crippen molar-refractivity contribution in [2.24, 2.45) is 0 Å². The van der Waals surface area contributed by atoms with Gasteiger partial charge in [0.25, 0.3) is 5.91 Å². The Balaban J connectivity index is 0.00000162. The molecule has 0 aromatic carbocycles. The van der Waals surface area contributed by atoms with Crippen LogP contribution in [0.25, 0.3) is 0 Å². The van der Waals surface area contributed by atoms with Crippen LogP contribution in [0, 0.1) is 6.92 Å². The first-order valence-electron chi connectivity index (χ1n) is 5.71. The Labute approximate surface area is 125 Å².